The molecular formula is C14H16N2O2. The fraction of sp³-hybridized carbons (Fsp3) is 0.214. The highest BCUT2D eigenvalue weighted by atomic mass is 16.5. The third-order valence-corrected chi connectivity index (χ3v) is 2.43. The Morgan fingerprint density at radius 1 is 1.11 bits per heavy atom. The first kappa shape index (κ1) is 12.4. The monoisotopic (exact) mass is 244 g/mol. The Balaban J connectivity index is 2.14. The maximum atomic E-state index is 5.74. The summed E-state index contributed by atoms with van der Waals surface area (Å²) in [4.78, 5) is 4.15. The Kier molecular flexibility index (Phi) is 4.15. The zero-order valence-corrected chi connectivity index (χ0v) is 10.5. The van der Waals surface area contributed by atoms with Crippen LogP contribution in [0.3, 0.4) is 0 Å². The van der Waals surface area contributed by atoms with Crippen molar-refractivity contribution in [1.82, 2.24) is 10.3 Å². The van der Waals surface area contributed by atoms with Gasteiger partial charge >= 0.3 is 0 Å². The molecule has 0 saturated carbocycles. The van der Waals surface area contributed by atoms with Gasteiger partial charge in [-0.05, 0) is 30.8 Å². The standard InChI is InChI=1S/C14H16N2O2/c1-15-8-11-6-14(10-16-9-11)18-13-5-3-4-12(7-13)17-2/h3-7,9-10,15H,8H2,1-2H3. The number of nitrogens with zero attached hydrogens (tertiary/aromatic N) is 1. The van der Waals surface area contributed by atoms with E-state index in [-0.39, 0.29) is 0 Å². The number of benzene rings is 1. The van der Waals surface area contributed by atoms with Gasteiger partial charge in [-0.25, -0.2) is 0 Å². The summed E-state index contributed by atoms with van der Waals surface area (Å²) < 4.78 is 10.9. The SMILES string of the molecule is CNCc1cncc(Oc2cccc(OC)c2)c1. The van der Waals surface area contributed by atoms with E-state index in [4.69, 9.17) is 9.47 Å². The van der Waals surface area contributed by atoms with Crippen molar-refractivity contribution in [2.75, 3.05) is 14.2 Å². The van der Waals surface area contributed by atoms with E-state index in [0.717, 1.165) is 29.4 Å². The van der Waals surface area contributed by atoms with Gasteiger partial charge in [0.05, 0.1) is 13.3 Å². The lowest BCUT2D eigenvalue weighted by molar-refractivity contribution is 0.409. The van der Waals surface area contributed by atoms with Crippen LogP contribution in [-0.4, -0.2) is 19.1 Å². The molecule has 2 rings (SSSR count). The van der Waals surface area contributed by atoms with Gasteiger partial charge in [0, 0.05) is 18.8 Å². The van der Waals surface area contributed by atoms with Crippen molar-refractivity contribution in [2.24, 2.45) is 0 Å². The van der Waals surface area contributed by atoms with Crippen molar-refractivity contribution < 1.29 is 9.47 Å². The first-order valence-corrected chi connectivity index (χ1v) is 5.72. The third-order valence-electron chi connectivity index (χ3n) is 2.43. The molecule has 0 atom stereocenters. The summed E-state index contributed by atoms with van der Waals surface area (Å²) in [6.45, 7) is 0.766. The predicted molar refractivity (Wildman–Crippen MR) is 70.1 cm³/mol. The topological polar surface area (TPSA) is 43.4 Å². The van der Waals surface area contributed by atoms with Gasteiger partial charge in [0.2, 0.25) is 0 Å². The van der Waals surface area contributed by atoms with E-state index >= 15 is 0 Å². The van der Waals surface area contributed by atoms with Gasteiger partial charge in [0.25, 0.3) is 0 Å². The van der Waals surface area contributed by atoms with Crippen molar-refractivity contribution in [2.45, 2.75) is 6.54 Å². The van der Waals surface area contributed by atoms with E-state index in [0.29, 0.717) is 0 Å². The van der Waals surface area contributed by atoms with Crippen LogP contribution in [0.5, 0.6) is 17.2 Å². The number of hydrogen-bond donors (Lipinski definition) is 1. The molecule has 1 N–H and O–H groups in total. The summed E-state index contributed by atoms with van der Waals surface area (Å²) in [5.74, 6) is 2.22. The van der Waals surface area contributed by atoms with Crippen LogP contribution in [-0.2, 0) is 6.54 Å². The molecule has 0 fully saturated rings. The Hall–Kier alpha value is -2.07. The lowest BCUT2D eigenvalue weighted by atomic mass is 10.3. The number of hydrogen-bond acceptors (Lipinski definition) is 4. The molecule has 1 heterocycles. The zero-order valence-electron chi connectivity index (χ0n) is 10.5. The van der Waals surface area contributed by atoms with E-state index in [2.05, 4.69) is 10.3 Å². The van der Waals surface area contributed by atoms with Crippen LogP contribution in [0.15, 0.2) is 42.7 Å². The normalized spacial score (nSPS) is 10.1. The molecule has 0 unspecified atom stereocenters. The van der Waals surface area contributed by atoms with Crippen LogP contribution in [0, 0.1) is 0 Å². The van der Waals surface area contributed by atoms with E-state index in [1.165, 1.54) is 0 Å². The Labute approximate surface area is 107 Å². The van der Waals surface area contributed by atoms with Crippen molar-refractivity contribution in [3.8, 4) is 17.2 Å². The fourth-order valence-electron chi connectivity index (χ4n) is 1.62. The highest BCUT2D eigenvalue weighted by Gasteiger charge is 2.01. The summed E-state index contributed by atoms with van der Waals surface area (Å²) in [6, 6.07) is 9.45. The van der Waals surface area contributed by atoms with Crippen molar-refractivity contribution in [1.29, 1.82) is 0 Å². The van der Waals surface area contributed by atoms with Gasteiger partial charge in [-0.1, -0.05) is 6.07 Å². The van der Waals surface area contributed by atoms with Crippen LogP contribution in [0.1, 0.15) is 5.56 Å². The molecule has 0 radical (unpaired) electrons. The average molecular weight is 244 g/mol. The molecule has 0 saturated heterocycles. The summed E-state index contributed by atoms with van der Waals surface area (Å²) >= 11 is 0. The molecule has 1 aromatic carbocycles. The van der Waals surface area contributed by atoms with Gasteiger partial charge < -0.3 is 14.8 Å². The maximum absolute atomic E-state index is 5.74. The van der Waals surface area contributed by atoms with Crippen LogP contribution in [0.25, 0.3) is 0 Å². The minimum Gasteiger partial charge on any atom is -0.497 e. The molecule has 2 aromatic rings. The van der Waals surface area contributed by atoms with E-state index < -0.39 is 0 Å². The number of nitrogens with one attached hydrogen (secondary N) is 1. The molecule has 0 amide bonds. The lowest BCUT2D eigenvalue weighted by Gasteiger charge is -2.08. The molecule has 0 bridgehead atoms. The molecule has 4 nitrogen and oxygen atoms in total. The Morgan fingerprint density at radius 2 is 1.94 bits per heavy atom. The number of rotatable bonds is 5. The van der Waals surface area contributed by atoms with Crippen molar-refractivity contribution >= 4 is 0 Å². The summed E-state index contributed by atoms with van der Waals surface area (Å²) in [5.41, 5.74) is 1.08. The zero-order chi connectivity index (χ0) is 12.8. The van der Waals surface area contributed by atoms with Crippen LogP contribution >= 0.6 is 0 Å². The summed E-state index contributed by atoms with van der Waals surface area (Å²) in [6.07, 6.45) is 3.51. The average Bonchev–Trinajstić information content (AvgIpc) is 2.40. The Bertz CT molecular complexity index is 515. The maximum Gasteiger partial charge on any atom is 0.146 e. The number of ether oxygens (including phenoxy) is 2. The second-order valence-corrected chi connectivity index (χ2v) is 3.84. The highest BCUT2D eigenvalue weighted by molar-refractivity contribution is 5.36. The minimum absolute atomic E-state index is 0.719. The third kappa shape index (κ3) is 3.21. The molecule has 94 valence electrons. The van der Waals surface area contributed by atoms with Crippen LogP contribution < -0.4 is 14.8 Å². The molecular weight excluding hydrogens is 228 g/mol. The van der Waals surface area contributed by atoms with Gasteiger partial charge in [-0.3, -0.25) is 4.98 Å². The van der Waals surface area contributed by atoms with Crippen LogP contribution in [0.2, 0.25) is 0 Å². The quantitative estimate of drug-likeness (QED) is 0.878. The second kappa shape index (κ2) is 6.02. The predicted octanol–water partition coefficient (Wildman–Crippen LogP) is 2.60. The van der Waals surface area contributed by atoms with Gasteiger partial charge in [0.1, 0.15) is 17.2 Å². The highest BCUT2D eigenvalue weighted by Crippen LogP contribution is 2.24. The molecule has 0 aliphatic carbocycles. The summed E-state index contributed by atoms with van der Waals surface area (Å²) in [5, 5.41) is 3.08. The van der Waals surface area contributed by atoms with Gasteiger partial charge in [0.15, 0.2) is 0 Å². The van der Waals surface area contributed by atoms with Gasteiger partial charge in [-0.15, -0.1) is 0 Å². The second-order valence-electron chi connectivity index (χ2n) is 3.84. The fourth-order valence-corrected chi connectivity index (χ4v) is 1.62. The smallest absolute Gasteiger partial charge is 0.146 e. The number of methoxy groups -OCH3 is 1. The van der Waals surface area contributed by atoms with E-state index in [1.54, 1.807) is 13.3 Å². The molecule has 1 aromatic heterocycles. The van der Waals surface area contributed by atoms with Crippen molar-refractivity contribution in [3.63, 3.8) is 0 Å². The van der Waals surface area contributed by atoms with E-state index in [9.17, 15) is 0 Å². The minimum atomic E-state index is 0.719. The molecule has 0 aliphatic rings. The lowest BCUT2D eigenvalue weighted by Crippen LogP contribution is -2.05. The molecule has 0 aliphatic heterocycles. The molecule has 0 spiro atoms. The van der Waals surface area contributed by atoms with Crippen LogP contribution in [0.4, 0.5) is 0 Å². The summed E-state index contributed by atoms with van der Waals surface area (Å²) in [7, 11) is 3.53. The largest absolute Gasteiger partial charge is 0.497 e. The first-order valence-electron chi connectivity index (χ1n) is 5.72. The van der Waals surface area contributed by atoms with E-state index in [1.807, 2.05) is 43.6 Å². The first-order chi connectivity index (χ1) is 8.81. The van der Waals surface area contributed by atoms with Gasteiger partial charge in [-0.2, -0.15) is 0 Å². The number of pyridine rings is 1. The molecule has 4 heteroatoms. The number of aromatic nitrogens is 1. The molecule has 18 heavy (non-hydrogen) atoms. The van der Waals surface area contributed by atoms with Crippen molar-refractivity contribution in [3.05, 3.63) is 48.3 Å². The Morgan fingerprint density at radius 3 is 2.72 bits per heavy atom.